The Balaban J connectivity index is 1.93. The number of esters is 3. The van der Waals surface area contributed by atoms with Crippen LogP contribution in [0, 0.1) is 0 Å². The molecule has 0 radical (unpaired) electrons. The van der Waals surface area contributed by atoms with Crippen LogP contribution in [-0.4, -0.2) is 23.7 Å². The third-order valence-corrected chi connectivity index (χ3v) is 4.31. The Morgan fingerprint density at radius 1 is 0.656 bits per heavy atom. The molecule has 0 saturated heterocycles. The quantitative estimate of drug-likeness (QED) is 0.312. The Kier molecular flexibility index (Phi) is 7.13. The zero-order valence-electron chi connectivity index (χ0n) is 17.4. The van der Waals surface area contributed by atoms with Gasteiger partial charge in [-0.2, -0.15) is 0 Å². The number of ketones is 1. The van der Waals surface area contributed by atoms with Crippen LogP contribution in [0.4, 0.5) is 0 Å². The van der Waals surface area contributed by atoms with Crippen molar-refractivity contribution < 1.29 is 33.4 Å². The molecule has 7 heteroatoms. The zero-order chi connectivity index (χ0) is 23.1. The highest BCUT2D eigenvalue weighted by molar-refractivity contribution is 6.02. The van der Waals surface area contributed by atoms with Crippen LogP contribution in [0.15, 0.2) is 78.9 Å². The molecule has 0 aliphatic rings. The second-order valence-electron chi connectivity index (χ2n) is 6.78. The van der Waals surface area contributed by atoms with E-state index >= 15 is 0 Å². The zero-order valence-corrected chi connectivity index (χ0v) is 17.4. The van der Waals surface area contributed by atoms with Crippen LogP contribution in [0.5, 0.6) is 11.5 Å². The van der Waals surface area contributed by atoms with E-state index in [0.29, 0.717) is 11.1 Å². The summed E-state index contributed by atoms with van der Waals surface area (Å²) in [6, 6.07) is 21.0. The van der Waals surface area contributed by atoms with Gasteiger partial charge in [0.2, 0.25) is 5.78 Å². The molecule has 0 aliphatic heterocycles. The Labute approximate surface area is 184 Å². The van der Waals surface area contributed by atoms with Gasteiger partial charge in [0.15, 0.2) is 17.6 Å². The molecule has 0 saturated carbocycles. The first-order valence-corrected chi connectivity index (χ1v) is 9.71. The number of ether oxygens (including phenoxy) is 3. The van der Waals surface area contributed by atoms with Crippen molar-refractivity contribution in [1.29, 1.82) is 0 Å². The van der Waals surface area contributed by atoms with Gasteiger partial charge in [0.25, 0.3) is 0 Å². The molecular weight excluding hydrogens is 412 g/mol. The van der Waals surface area contributed by atoms with E-state index in [1.54, 1.807) is 60.7 Å². The van der Waals surface area contributed by atoms with Crippen molar-refractivity contribution in [3.05, 3.63) is 95.6 Å². The lowest BCUT2D eigenvalue weighted by Crippen LogP contribution is -2.20. The predicted octanol–water partition coefficient (Wildman–Crippen LogP) is 4.32. The first-order valence-electron chi connectivity index (χ1n) is 9.71. The third-order valence-electron chi connectivity index (χ3n) is 4.31. The smallest absolute Gasteiger partial charge is 0.339 e. The lowest BCUT2D eigenvalue weighted by atomic mass is 9.99. The molecule has 0 amide bonds. The van der Waals surface area contributed by atoms with Crippen molar-refractivity contribution in [3.63, 3.8) is 0 Å². The van der Waals surface area contributed by atoms with Gasteiger partial charge < -0.3 is 14.2 Å². The van der Waals surface area contributed by atoms with Crippen LogP contribution in [0.25, 0.3) is 0 Å². The molecule has 32 heavy (non-hydrogen) atoms. The van der Waals surface area contributed by atoms with E-state index in [9.17, 15) is 19.2 Å². The average Bonchev–Trinajstić information content (AvgIpc) is 2.78. The minimum atomic E-state index is -1.18. The fraction of sp³-hybridized carbons (Fsp3) is 0.120. The maximum absolute atomic E-state index is 13.1. The van der Waals surface area contributed by atoms with Gasteiger partial charge in [0, 0.05) is 25.0 Å². The summed E-state index contributed by atoms with van der Waals surface area (Å²) < 4.78 is 15.6. The van der Waals surface area contributed by atoms with Crippen molar-refractivity contribution in [2.75, 3.05) is 0 Å². The highest BCUT2D eigenvalue weighted by Crippen LogP contribution is 2.30. The van der Waals surface area contributed by atoms with Crippen LogP contribution in [0.3, 0.4) is 0 Å². The second-order valence-corrected chi connectivity index (χ2v) is 6.78. The van der Waals surface area contributed by atoms with E-state index in [1.807, 2.05) is 0 Å². The number of benzene rings is 3. The Morgan fingerprint density at radius 3 is 1.81 bits per heavy atom. The third kappa shape index (κ3) is 5.66. The van der Waals surface area contributed by atoms with Gasteiger partial charge in [0.1, 0.15) is 0 Å². The molecule has 0 heterocycles. The maximum atomic E-state index is 13.1. The molecule has 162 valence electrons. The summed E-state index contributed by atoms with van der Waals surface area (Å²) in [7, 11) is 0. The van der Waals surface area contributed by atoms with E-state index in [1.165, 1.54) is 32.0 Å². The second kappa shape index (κ2) is 10.2. The van der Waals surface area contributed by atoms with E-state index in [0.717, 1.165) is 0 Å². The van der Waals surface area contributed by atoms with Gasteiger partial charge >= 0.3 is 17.9 Å². The van der Waals surface area contributed by atoms with Crippen molar-refractivity contribution in [1.82, 2.24) is 0 Å². The van der Waals surface area contributed by atoms with Crippen LogP contribution >= 0.6 is 0 Å². The first-order chi connectivity index (χ1) is 15.3. The standard InChI is InChI=1S/C25H20O7/c1-16(26)30-21-14-13-20(15-22(21)31-17(2)27)25(29)32-24(19-11-7-4-8-12-19)23(28)18-9-5-3-6-10-18/h3-15,24H,1-2H3/t24-/m1/s1. The van der Waals surface area contributed by atoms with Gasteiger partial charge in [-0.1, -0.05) is 60.7 Å². The monoisotopic (exact) mass is 432 g/mol. The molecule has 1 atom stereocenters. The van der Waals surface area contributed by atoms with E-state index in [2.05, 4.69) is 0 Å². The topological polar surface area (TPSA) is 96.0 Å². The number of carbonyl (C=O) groups excluding carboxylic acids is 4. The van der Waals surface area contributed by atoms with Gasteiger partial charge in [0.05, 0.1) is 5.56 Å². The molecule has 0 bridgehead atoms. The lowest BCUT2D eigenvalue weighted by molar-refractivity contribution is -0.134. The minimum absolute atomic E-state index is 0.0129. The number of hydrogen-bond donors (Lipinski definition) is 0. The molecule has 0 fully saturated rings. The Morgan fingerprint density at radius 2 is 1.22 bits per heavy atom. The van der Waals surface area contributed by atoms with Gasteiger partial charge in [-0.25, -0.2) is 4.79 Å². The van der Waals surface area contributed by atoms with Crippen LogP contribution in [0.2, 0.25) is 0 Å². The van der Waals surface area contributed by atoms with Gasteiger partial charge in [-0.15, -0.1) is 0 Å². The number of Topliss-reactive ketones (excluding diaryl/α,β-unsaturated/α-hetero) is 1. The van der Waals surface area contributed by atoms with Crippen LogP contribution in [-0.2, 0) is 14.3 Å². The first kappa shape index (κ1) is 22.4. The normalized spacial score (nSPS) is 11.2. The average molecular weight is 432 g/mol. The molecule has 0 aliphatic carbocycles. The van der Waals surface area contributed by atoms with Crippen LogP contribution < -0.4 is 9.47 Å². The molecule has 3 aromatic carbocycles. The maximum Gasteiger partial charge on any atom is 0.339 e. The van der Waals surface area contributed by atoms with Crippen molar-refractivity contribution in [3.8, 4) is 11.5 Å². The lowest BCUT2D eigenvalue weighted by Gasteiger charge is -2.18. The summed E-state index contributed by atoms with van der Waals surface area (Å²) in [4.78, 5) is 48.7. The summed E-state index contributed by atoms with van der Waals surface area (Å²) in [5.41, 5.74) is 0.908. The SMILES string of the molecule is CC(=O)Oc1ccc(C(=O)O[C@@H](C(=O)c2ccccc2)c2ccccc2)cc1OC(C)=O. The van der Waals surface area contributed by atoms with E-state index < -0.39 is 24.0 Å². The Bertz CT molecular complexity index is 1140. The summed E-state index contributed by atoms with van der Waals surface area (Å²) >= 11 is 0. The molecule has 3 aromatic rings. The molecule has 0 unspecified atom stereocenters. The van der Waals surface area contributed by atoms with Crippen molar-refractivity contribution in [2.24, 2.45) is 0 Å². The molecule has 7 nitrogen and oxygen atoms in total. The predicted molar refractivity (Wildman–Crippen MR) is 114 cm³/mol. The van der Waals surface area contributed by atoms with E-state index in [-0.39, 0.29) is 22.8 Å². The van der Waals surface area contributed by atoms with Gasteiger partial charge in [-0.3, -0.25) is 14.4 Å². The highest BCUT2D eigenvalue weighted by Gasteiger charge is 2.27. The number of rotatable bonds is 7. The summed E-state index contributed by atoms with van der Waals surface area (Å²) in [5.74, 6) is -2.62. The van der Waals surface area contributed by atoms with Gasteiger partial charge in [-0.05, 0) is 18.2 Å². The molecule has 0 aromatic heterocycles. The fourth-order valence-electron chi connectivity index (χ4n) is 2.94. The highest BCUT2D eigenvalue weighted by atomic mass is 16.6. The summed E-state index contributed by atoms with van der Waals surface area (Å²) in [6.07, 6.45) is -1.18. The Hall–Kier alpha value is -4.26. The van der Waals surface area contributed by atoms with Crippen molar-refractivity contribution in [2.45, 2.75) is 20.0 Å². The summed E-state index contributed by atoms with van der Waals surface area (Å²) in [5, 5.41) is 0. The number of hydrogen-bond acceptors (Lipinski definition) is 7. The molecular formula is C25H20O7. The summed E-state index contributed by atoms with van der Waals surface area (Å²) in [6.45, 7) is 2.37. The number of carbonyl (C=O) groups is 4. The molecule has 0 spiro atoms. The minimum Gasteiger partial charge on any atom is -0.445 e. The molecule has 3 rings (SSSR count). The van der Waals surface area contributed by atoms with Crippen molar-refractivity contribution >= 4 is 23.7 Å². The largest absolute Gasteiger partial charge is 0.445 e. The van der Waals surface area contributed by atoms with Crippen LogP contribution in [0.1, 0.15) is 46.2 Å². The van der Waals surface area contributed by atoms with E-state index in [4.69, 9.17) is 14.2 Å². The fourth-order valence-corrected chi connectivity index (χ4v) is 2.94. The molecule has 0 N–H and O–H groups in total.